The van der Waals surface area contributed by atoms with Crippen molar-refractivity contribution < 1.29 is 13.9 Å². The molecule has 1 unspecified atom stereocenters. The van der Waals surface area contributed by atoms with Crippen molar-refractivity contribution in [1.29, 1.82) is 5.26 Å². The summed E-state index contributed by atoms with van der Waals surface area (Å²) in [5, 5.41) is 11.2. The molecule has 2 N–H and O–H groups in total. The summed E-state index contributed by atoms with van der Waals surface area (Å²) in [6.45, 7) is 0.413. The van der Waals surface area contributed by atoms with Gasteiger partial charge in [-0.3, -0.25) is 4.79 Å². The van der Waals surface area contributed by atoms with Crippen LogP contribution in [0.5, 0.6) is 5.75 Å². The Kier molecular flexibility index (Phi) is 4.38. The molecule has 0 aliphatic carbocycles. The molecule has 0 saturated carbocycles. The van der Waals surface area contributed by atoms with Crippen LogP contribution >= 0.6 is 15.9 Å². The minimum Gasteiger partial charge on any atom is -0.439 e. The highest BCUT2D eigenvalue weighted by atomic mass is 79.9. The average molecular weight is 478 g/mol. The Morgan fingerprint density at radius 2 is 1.87 bits per heavy atom. The van der Waals surface area contributed by atoms with Gasteiger partial charge in [0, 0.05) is 23.1 Å². The van der Waals surface area contributed by atoms with Crippen molar-refractivity contribution in [1.82, 2.24) is 0 Å². The Hall–Kier alpha value is -3.57. The molecule has 3 aromatic rings. The molecule has 0 radical (unpaired) electrons. The largest absolute Gasteiger partial charge is 0.439 e. The van der Waals surface area contributed by atoms with Crippen LogP contribution in [0.3, 0.4) is 0 Å². The fourth-order valence-corrected chi connectivity index (χ4v) is 4.79. The fourth-order valence-electron chi connectivity index (χ4n) is 4.54. The molecular formula is C23H16BrN3O4. The lowest BCUT2D eigenvalue weighted by Gasteiger charge is -2.33. The van der Waals surface area contributed by atoms with Crippen LogP contribution < -0.4 is 21.0 Å². The summed E-state index contributed by atoms with van der Waals surface area (Å²) in [4.78, 5) is 28.9. The first-order valence-corrected chi connectivity index (χ1v) is 10.8. The number of rotatable bonds is 3. The van der Waals surface area contributed by atoms with Gasteiger partial charge in [0.2, 0.25) is 11.8 Å². The van der Waals surface area contributed by atoms with Gasteiger partial charge in [0.15, 0.2) is 11.2 Å². The number of nitrogens with two attached hydrogens (primary N) is 1. The third kappa shape index (κ3) is 2.44. The Balaban J connectivity index is 1.94. The summed E-state index contributed by atoms with van der Waals surface area (Å²) in [6, 6.07) is 16.0. The van der Waals surface area contributed by atoms with Crippen molar-refractivity contribution in [2.45, 2.75) is 11.8 Å². The molecule has 31 heavy (non-hydrogen) atoms. The summed E-state index contributed by atoms with van der Waals surface area (Å²) in [6.07, 6.45) is 0.687. The van der Waals surface area contributed by atoms with Crippen LogP contribution in [-0.2, 0) is 10.2 Å². The maximum atomic E-state index is 14.0. The molecule has 2 aromatic carbocycles. The number of ether oxygens (including phenoxy) is 1. The number of hydrogen-bond acceptors (Lipinski definition) is 6. The number of anilines is 1. The quantitative estimate of drug-likeness (QED) is 0.457. The molecule has 1 spiro atoms. The van der Waals surface area contributed by atoms with Crippen LogP contribution in [0.1, 0.15) is 17.5 Å². The first-order chi connectivity index (χ1) is 15.1. The summed E-state index contributed by atoms with van der Waals surface area (Å²) in [7, 11) is 0. The minimum absolute atomic E-state index is 0.0178. The third-order valence-electron chi connectivity index (χ3n) is 5.77. The molecule has 154 valence electrons. The highest BCUT2D eigenvalue weighted by Crippen LogP contribution is 2.55. The Labute approximate surface area is 185 Å². The Morgan fingerprint density at radius 1 is 1.13 bits per heavy atom. The normalized spacial score (nSPS) is 19.4. The highest BCUT2D eigenvalue weighted by Gasteiger charge is 2.61. The van der Waals surface area contributed by atoms with E-state index in [2.05, 4.69) is 15.9 Å². The standard InChI is InChI=1S/C23H16BrN3O4/c24-10-5-11-27-16-8-3-2-7-14(16)23(22(27)29)15(12-25)20(26)31-19-13-6-1-4-9-17(13)30-21(28)18(19)23/h1-4,6-9H,5,10-11,26H2. The molecule has 5 rings (SSSR count). The topological polar surface area (TPSA) is 110 Å². The summed E-state index contributed by atoms with van der Waals surface area (Å²) < 4.78 is 11.4. The van der Waals surface area contributed by atoms with E-state index < -0.39 is 16.9 Å². The van der Waals surface area contributed by atoms with Gasteiger partial charge < -0.3 is 19.8 Å². The van der Waals surface area contributed by atoms with E-state index in [0.29, 0.717) is 40.5 Å². The number of nitriles is 1. The predicted octanol–water partition coefficient (Wildman–Crippen LogP) is 3.30. The number of fused-ring (bicyclic) bond motifs is 6. The van der Waals surface area contributed by atoms with Crippen LogP contribution in [0.25, 0.3) is 11.0 Å². The van der Waals surface area contributed by atoms with Crippen LogP contribution in [0, 0.1) is 11.3 Å². The zero-order valence-electron chi connectivity index (χ0n) is 16.2. The summed E-state index contributed by atoms with van der Waals surface area (Å²) >= 11 is 3.40. The number of hydrogen-bond donors (Lipinski definition) is 1. The van der Waals surface area contributed by atoms with Crippen LogP contribution in [-0.4, -0.2) is 17.8 Å². The smallest absolute Gasteiger partial charge is 0.345 e. The van der Waals surface area contributed by atoms with Crippen molar-refractivity contribution in [3.63, 3.8) is 0 Å². The lowest BCUT2D eigenvalue weighted by Crippen LogP contribution is -2.48. The number of carbonyl (C=O) groups is 1. The van der Waals surface area contributed by atoms with Crippen LogP contribution in [0.4, 0.5) is 5.69 Å². The zero-order valence-corrected chi connectivity index (χ0v) is 17.8. The SMILES string of the molecule is N#CC1=C(N)Oc2c(c(=O)oc3ccccc23)C12C(=O)N(CCCBr)c1ccccc12. The van der Waals surface area contributed by atoms with E-state index in [9.17, 15) is 14.9 Å². The lowest BCUT2D eigenvalue weighted by atomic mass is 9.69. The van der Waals surface area contributed by atoms with E-state index in [1.165, 1.54) is 0 Å². The molecule has 1 aromatic heterocycles. The summed E-state index contributed by atoms with van der Waals surface area (Å²) in [5.41, 5.74) is 5.06. The molecule has 1 atom stereocenters. The van der Waals surface area contributed by atoms with Crippen molar-refractivity contribution in [3.8, 4) is 11.8 Å². The van der Waals surface area contributed by atoms with E-state index in [1.54, 1.807) is 47.4 Å². The fraction of sp³-hybridized carbons (Fsp3) is 0.174. The molecule has 3 heterocycles. The van der Waals surface area contributed by atoms with Gasteiger partial charge in [-0.15, -0.1) is 0 Å². The minimum atomic E-state index is -1.72. The molecule has 2 aliphatic rings. The first kappa shape index (κ1) is 19.4. The van der Waals surface area contributed by atoms with Crippen molar-refractivity contribution >= 4 is 38.5 Å². The van der Waals surface area contributed by atoms with Gasteiger partial charge in [0.1, 0.15) is 22.8 Å². The Morgan fingerprint density at radius 3 is 2.65 bits per heavy atom. The van der Waals surface area contributed by atoms with E-state index in [-0.39, 0.29) is 22.8 Å². The molecule has 0 bridgehead atoms. The van der Waals surface area contributed by atoms with Crippen molar-refractivity contribution in [2.24, 2.45) is 5.73 Å². The molecular weight excluding hydrogens is 462 g/mol. The number of alkyl halides is 1. The van der Waals surface area contributed by atoms with Gasteiger partial charge in [0.05, 0.1) is 5.39 Å². The second-order valence-corrected chi connectivity index (χ2v) is 8.10. The number of amides is 1. The number of nitrogens with zero attached hydrogens (tertiary/aromatic N) is 2. The number of carbonyl (C=O) groups excluding carboxylic acids is 1. The first-order valence-electron chi connectivity index (χ1n) is 9.67. The molecule has 2 aliphatic heterocycles. The van der Waals surface area contributed by atoms with Crippen molar-refractivity contribution in [3.05, 3.63) is 81.5 Å². The molecule has 0 saturated heterocycles. The number of para-hydroxylation sites is 2. The third-order valence-corrected chi connectivity index (χ3v) is 6.33. The van der Waals surface area contributed by atoms with Crippen molar-refractivity contribution in [2.75, 3.05) is 16.8 Å². The predicted molar refractivity (Wildman–Crippen MR) is 118 cm³/mol. The van der Waals surface area contributed by atoms with E-state index in [1.807, 2.05) is 12.1 Å². The second-order valence-electron chi connectivity index (χ2n) is 7.31. The van der Waals surface area contributed by atoms with Gasteiger partial charge in [-0.1, -0.05) is 46.3 Å². The average Bonchev–Trinajstić information content (AvgIpc) is 3.01. The molecule has 7 nitrogen and oxygen atoms in total. The van der Waals surface area contributed by atoms with Gasteiger partial charge in [-0.2, -0.15) is 5.26 Å². The maximum absolute atomic E-state index is 14.0. The molecule has 1 amide bonds. The van der Waals surface area contributed by atoms with Gasteiger partial charge in [-0.05, 0) is 24.6 Å². The van der Waals surface area contributed by atoms with Crippen LogP contribution in [0.15, 0.2) is 69.2 Å². The monoisotopic (exact) mass is 477 g/mol. The lowest BCUT2D eigenvalue weighted by molar-refractivity contribution is -0.121. The van der Waals surface area contributed by atoms with Gasteiger partial charge >= 0.3 is 5.63 Å². The molecule has 8 heteroatoms. The maximum Gasteiger partial charge on any atom is 0.345 e. The van der Waals surface area contributed by atoms with Crippen LogP contribution in [0.2, 0.25) is 0 Å². The zero-order chi connectivity index (χ0) is 21.8. The number of benzene rings is 2. The van der Waals surface area contributed by atoms with E-state index in [4.69, 9.17) is 14.9 Å². The van der Waals surface area contributed by atoms with Gasteiger partial charge in [-0.25, -0.2) is 4.79 Å². The molecule has 0 fully saturated rings. The van der Waals surface area contributed by atoms with E-state index >= 15 is 0 Å². The Bertz CT molecular complexity index is 1390. The summed E-state index contributed by atoms with van der Waals surface area (Å²) in [5.74, 6) is -0.466. The highest BCUT2D eigenvalue weighted by molar-refractivity contribution is 9.09. The van der Waals surface area contributed by atoms with Gasteiger partial charge in [0.25, 0.3) is 0 Å². The number of halogens is 1. The van der Waals surface area contributed by atoms with E-state index in [0.717, 1.165) is 0 Å². The second kappa shape index (κ2) is 7.00.